The van der Waals surface area contributed by atoms with Crippen LogP contribution in [0.15, 0.2) is 83.8 Å². The topological polar surface area (TPSA) is 126 Å². The number of amides is 1. The Labute approximate surface area is 223 Å². The van der Waals surface area contributed by atoms with E-state index in [0.29, 0.717) is 22.6 Å². The number of nitrogens with two attached hydrogens (primary N) is 1. The van der Waals surface area contributed by atoms with Crippen molar-refractivity contribution in [3.8, 4) is 0 Å². The summed E-state index contributed by atoms with van der Waals surface area (Å²) >= 11 is 0. The van der Waals surface area contributed by atoms with Crippen molar-refractivity contribution in [2.75, 3.05) is 31.5 Å². The van der Waals surface area contributed by atoms with E-state index in [0.717, 1.165) is 36.8 Å². The van der Waals surface area contributed by atoms with Gasteiger partial charge in [-0.3, -0.25) is 15.4 Å². The molecule has 4 rings (SSSR count). The number of hydrogen-bond donors (Lipinski definition) is 2. The Morgan fingerprint density at radius 2 is 1.61 bits per heavy atom. The molecule has 1 fully saturated rings. The third kappa shape index (κ3) is 6.91. The number of likely N-dealkylation sites (tertiary alicyclic amines) is 1. The van der Waals surface area contributed by atoms with Crippen molar-refractivity contribution in [3.05, 3.63) is 95.7 Å². The number of sulfonamides is 1. The number of aromatic nitrogens is 1. The van der Waals surface area contributed by atoms with Gasteiger partial charge in [0.25, 0.3) is 15.9 Å². The lowest BCUT2D eigenvalue weighted by molar-refractivity contribution is 0.0724. The highest BCUT2D eigenvalue weighted by atomic mass is 32.2. The van der Waals surface area contributed by atoms with Crippen LogP contribution in [-0.4, -0.2) is 60.6 Å². The number of carbonyl (C=O) groups excluding carboxylic acids is 2. The molecular weight excluding hydrogens is 502 g/mol. The number of hydrogen-bond acceptors (Lipinski definition) is 7. The molecule has 198 valence electrons. The van der Waals surface area contributed by atoms with E-state index in [-0.39, 0.29) is 29.7 Å². The quantitative estimate of drug-likeness (QED) is 0.177. The van der Waals surface area contributed by atoms with Crippen LogP contribution in [0.1, 0.15) is 45.7 Å². The Kier molecular flexibility index (Phi) is 9.01. The standard InChI is InChI=1S/C28H31N5O4S/c29-33(38(36,37)25-9-3-1-4-10-25)21-18-30-27-11-7-8-24(31-27)16-17-26(34)22-12-14-23(15-13-22)28(35)32-19-5-2-6-20-32/h1,3-4,7-17H,2,5-6,18-21,29H2,(H,30,31). The van der Waals surface area contributed by atoms with Crippen molar-refractivity contribution in [3.63, 3.8) is 0 Å². The average Bonchev–Trinajstić information content (AvgIpc) is 2.96. The molecule has 0 spiro atoms. The molecule has 2 heterocycles. The van der Waals surface area contributed by atoms with Gasteiger partial charge in [0.1, 0.15) is 5.82 Å². The van der Waals surface area contributed by atoms with E-state index in [2.05, 4.69) is 10.3 Å². The number of pyridine rings is 1. The summed E-state index contributed by atoms with van der Waals surface area (Å²) in [4.78, 5) is 31.7. The van der Waals surface area contributed by atoms with Gasteiger partial charge >= 0.3 is 0 Å². The first-order valence-corrected chi connectivity index (χ1v) is 13.9. The normalized spacial score (nSPS) is 14.1. The van der Waals surface area contributed by atoms with E-state index in [1.54, 1.807) is 66.7 Å². The Hall–Kier alpha value is -3.86. The minimum absolute atomic E-state index is 0.00294. The maximum atomic E-state index is 12.6. The van der Waals surface area contributed by atoms with Crippen molar-refractivity contribution in [2.45, 2.75) is 24.2 Å². The SMILES string of the molecule is NN(CCNc1cccc(C=CC(=O)c2ccc(C(=O)N3CCCCC3)cc2)n1)S(=O)(=O)c1ccccc1. The van der Waals surface area contributed by atoms with Gasteiger partial charge in [0.2, 0.25) is 0 Å². The number of nitrogens with one attached hydrogen (secondary N) is 1. The third-order valence-corrected chi connectivity index (χ3v) is 7.89. The Balaban J connectivity index is 1.30. The Morgan fingerprint density at radius 1 is 0.921 bits per heavy atom. The lowest BCUT2D eigenvalue weighted by Gasteiger charge is -2.26. The Bertz CT molecular complexity index is 1390. The number of benzene rings is 2. The number of hydrazine groups is 1. The summed E-state index contributed by atoms with van der Waals surface area (Å²) in [5.41, 5.74) is 1.62. The largest absolute Gasteiger partial charge is 0.369 e. The maximum Gasteiger partial charge on any atom is 0.255 e. The van der Waals surface area contributed by atoms with Gasteiger partial charge in [-0.1, -0.05) is 36.4 Å². The van der Waals surface area contributed by atoms with Gasteiger partial charge in [-0.25, -0.2) is 13.4 Å². The molecule has 3 N–H and O–H groups in total. The summed E-state index contributed by atoms with van der Waals surface area (Å²) in [5, 5.41) is 3.05. The molecule has 38 heavy (non-hydrogen) atoms. The summed E-state index contributed by atoms with van der Waals surface area (Å²) in [6.07, 6.45) is 6.25. The highest BCUT2D eigenvalue weighted by Crippen LogP contribution is 2.15. The second-order valence-electron chi connectivity index (χ2n) is 8.93. The smallest absolute Gasteiger partial charge is 0.255 e. The second kappa shape index (κ2) is 12.6. The molecule has 1 saturated heterocycles. The predicted octanol–water partition coefficient (Wildman–Crippen LogP) is 3.58. The minimum Gasteiger partial charge on any atom is -0.369 e. The summed E-state index contributed by atoms with van der Waals surface area (Å²) in [7, 11) is -3.78. The van der Waals surface area contributed by atoms with Crippen LogP contribution < -0.4 is 11.2 Å². The molecule has 1 amide bonds. The maximum absolute atomic E-state index is 12.6. The lowest BCUT2D eigenvalue weighted by atomic mass is 10.1. The van der Waals surface area contributed by atoms with Crippen molar-refractivity contribution < 1.29 is 18.0 Å². The second-order valence-corrected chi connectivity index (χ2v) is 10.8. The van der Waals surface area contributed by atoms with E-state index >= 15 is 0 Å². The van der Waals surface area contributed by atoms with Gasteiger partial charge in [-0.15, -0.1) is 4.41 Å². The number of rotatable bonds is 10. The molecule has 0 radical (unpaired) electrons. The van der Waals surface area contributed by atoms with Crippen LogP contribution in [0.25, 0.3) is 6.08 Å². The molecule has 0 atom stereocenters. The van der Waals surface area contributed by atoms with E-state index in [9.17, 15) is 18.0 Å². The molecule has 3 aromatic rings. The van der Waals surface area contributed by atoms with E-state index in [4.69, 9.17) is 5.84 Å². The zero-order valence-corrected chi connectivity index (χ0v) is 21.8. The summed E-state index contributed by atoms with van der Waals surface area (Å²) < 4.78 is 25.8. The third-order valence-electron chi connectivity index (χ3n) is 6.22. The van der Waals surface area contributed by atoms with Gasteiger partial charge in [0.05, 0.1) is 10.6 Å². The molecule has 1 aliphatic heterocycles. The van der Waals surface area contributed by atoms with Gasteiger partial charge in [-0.2, -0.15) is 0 Å². The van der Waals surface area contributed by atoms with Gasteiger partial charge in [-0.05, 0) is 67.8 Å². The molecular formula is C28H31N5O4S. The highest BCUT2D eigenvalue weighted by molar-refractivity contribution is 7.89. The molecule has 2 aromatic carbocycles. The van der Waals surface area contributed by atoms with Gasteiger partial charge in [0, 0.05) is 37.3 Å². The fourth-order valence-electron chi connectivity index (χ4n) is 4.10. The zero-order chi connectivity index (χ0) is 27.0. The first-order chi connectivity index (χ1) is 18.3. The van der Waals surface area contributed by atoms with Crippen LogP contribution in [0.4, 0.5) is 5.82 Å². The van der Waals surface area contributed by atoms with Crippen LogP contribution in [0, 0.1) is 0 Å². The van der Waals surface area contributed by atoms with Crippen LogP contribution in [-0.2, 0) is 10.0 Å². The van der Waals surface area contributed by atoms with E-state index in [1.165, 1.54) is 18.2 Å². The number of anilines is 1. The van der Waals surface area contributed by atoms with Gasteiger partial charge in [0.15, 0.2) is 5.78 Å². The van der Waals surface area contributed by atoms with Crippen LogP contribution in [0.2, 0.25) is 0 Å². The molecule has 1 aromatic heterocycles. The molecule has 1 aliphatic rings. The minimum atomic E-state index is -3.78. The fraction of sp³-hybridized carbons (Fsp3) is 0.250. The molecule has 0 saturated carbocycles. The number of piperidine rings is 1. The van der Waals surface area contributed by atoms with Gasteiger partial charge < -0.3 is 10.2 Å². The first-order valence-electron chi connectivity index (χ1n) is 12.5. The number of ketones is 1. The molecule has 9 nitrogen and oxygen atoms in total. The molecule has 10 heteroatoms. The highest BCUT2D eigenvalue weighted by Gasteiger charge is 2.21. The van der Waals surface area contributed by atoms with Crippen molar-refractivity contribution in [1.82, 2.24) is 14.3 Å². The predicted molar refractivity (Wildman–Crippen MR) is 147 cm³/mol. The molecule has 0 unspecified atom stereocenters. The monoisotopic (exact) mass is 533 g/mol. The zero-order valence-electron chi connectivity index (χ0n) is 21.0. The summed E-state index contributed by atoms with van der Waals surface area (Å²) in [5.74, 6) is 6.11. The molecule has 0 aliphatic carbocycles. The number of nitrogens with zero attached hydrogens (tertiary/aromatic N) is 3. The average molecular weight is 534 g/mol. The molecule has 0 bridgehead atoms. The summed E-state index contributed by atoms with van der Waals surface area (Å²) in [6, 6.07) is 20.0. The Morgan fingerprint density at radius 3 is 2.32 bits per heavy atom. The lowest BCUT2D eigenvalue weighted by Crippen LogP contribution is -2.40. The number of allylic oxidation sites excluding steroid dienone is 1. The van der Waals surface area contributed by atoms with Crippen LogP contribution in [0.3, 0.4) is 0 Å². The van der Waals surface area contributed by atoms with Crippen molar-refractivity contribution in [1.29, 1.82) is 0 Å². The number of carbonyl (C=O) groups is 2. The summed E-state index contributed by atoms with van der Waals surface area (Å²) in [6.45, 7) is 1.83. The fourth-order valence-corrected chi connectivity index (χ4v) is 5.20. The van der Waals surface area contributed by atoms with E-state index < -0.39 is 10.0 Å². The van der Waals surface area contributed by atoms with Crippen molar-refractivity contribution >= 4 is 33.6 Å². The van der Waals surface area contributed by atoms with E-state index in [1.807, 2.05) is 4.90 Å². The van der Waals surface area contributed by atoms with Crippen molar-refractivity contribution in [2.24, 2.45) is 5.84 Å². The first kappa shape index (κ1) is 27.2. The van der Waals surface area contributed by atoms with Crippen LogP contribution >= 0.6 is 0 Å². The van der Waals surface area contributed by atoms with Crippen LogP contribution in [0.5, 0.6) is 0 Å².